The number of nitrogens with two attached hydrogens (primary N) is 2. The zero-order valence-corrected chi connectivity index (χ0v) is 15.2. The Balaban J connectivity index is 4.92. The standard InChI is InChI=1S/C15H30N4O4S/c1-9(2)7-12(15(22)23)19-14(21)11(5-3-4-6-16)18-13(20)10(17)8-24/h9-12,24H,3-8,16-17H2,1-2H3,(H,18,20)(H,19,21)(H,22,23)/t10-,11-,12-/m0/s1. The Hall–Kier alpha value is -1.32. The van der Waals surface area contributed by atoms with Crippen LogP contribution < -0.4 is 22.1 Å². The molecule has 0 heterocycles. The molecule has 0 bridgehead atoms. The largest absolute Gasteiger partial charge is 0.480 e. The Morgan fingerprint density at radius 3 is 2.12 bits per heavy atom. The van der Waals surface area contributed by atoms with Crippen molar-refractivity contribution in [1.29, 1.82) is 0 Å². The number of carboxylic acid groups (broad SMARTS) is 1. The fraction of sp³-hybridized carbons (Fsp3) is 0.800. The van der Waals surface area contributed by atoms with Gasteiger partial charge in [0.25, 0.3) is 0 Å². The summed E-state index contributed by atoms with van der Waals surface area (Å²) < 4.78 is 0. The van der Waals surface area contributed by atoms with E-state index in [9.17, 15) is 19.5 Å². The first-order valence-corrected chi connectivity index (χ1v) is 8.76. The first kappa shape index (κ1) is 22.7. The summed E-state index contributed by atoms with van der Waals surface area (Å²) in [5, 5.41) is 14.3. The average molecular weight is 362 g/mol. The molecule has 0 spiro atoms. The molecular weight excluding hydrogens is 332 g/mol. The lowest BCUT2D eigenvalue weighted by atomic mass is 10.0. The summed E-state index contributed by atoms with van der Waals surface area (Å²) in [5.74, 6) is -1.87. The van der Waals surface area contributed by atoms with E-state index < -0.39 is 35.9 Å². The van der Waals surface area contributed by atoms with E-state index >= 15 is 0 Å². The molecule has 3 atom stereocenters. The maximum absolute atomic E-state index is 12.4. The predicted octanol–water partition coefficient (Wildman–Crippen LogP) is -0.527. The Labute approximate surface area is 148 Å². The molecule has 2 amide bonds. The quantitative estimate of drug-likeness (QED) is 0.203. The van der Waals surface area contributed by atoms with Crippen molar-refractivity contribution in [2.24, 2.45) is 17.4 Å². The third kappa shape index (κ3) is 9.09. The zero-order valence-electron chi connectivity index (χ0n) is 14.3. The van der Waals surface area contributed by atoms with Crippen LogP contribution in [-0.2, 0) is 14.4 Å². The second-order valence-corrected chi connectivity index (χ2v) is 6.53. The molecule has 7 N–H and O–H groups in total. The topological polar surface area (TPSA) is 148 Å². The van der Waals surface area contributed by atoms with Crippen LogP contribution >= 0.6 is 12.6 Å². The number of hydrogen-bond donors (Lipinski definition) is 6. The maximum atomic E-state index is 12.4. The molecule has 0 aliphatic rings. The zero-order chi connectivity index (χ0) is 18.7. The normalized spacial score (nSPS) is 14.8. The molecule has 9 heteroatoms. The van der Waals surface area contributed by atoms with Crippen LogP contribution in [0.2, 0.25) is 0 Å². The summed E-state index contributed by atoms with van der Waals surface area (Å²) in [6.07, 6.45) is 2.00. The molecule has 0 aromatic heterocycles. The Bertz CT molecular complexity index is 420. The van der Waals surface area contributed by atoms with Gasteiger partial charge in [-0.15, -0.1) is 0 Å². The van der Waals surface area contributed by atoms with Crippen molar-refractivity contribution >= 4 is 30.4 Å². The molecule has 0 radical (unpaired) electrons. The molecule has 0 saturated heterocycles. The average Bonchev–Trinajstić information content (AvgIpc) is 2.51. The second-order valence-electron chi connectivity index (χ2n) is 6.16. The number of unbranched alkanes of at least 4 members (excludes halogenated alkanes) is 1. The molecule has 0 saturated carbocycles. The highest BCUT2D eigenvalue weighted by molar-refractivity contribution is 7.80. The minimum Gasteiger partial charge on any atom is -0.480 e. The summed E-state index contributed by atoms with van der Waals surface area (Å²) in [4.78, 5) is 35.6. The highest BCUT2D eigenvalue weighted by atomic mass is 32.1. The predicted molar refractivity (Wildman–Crippen MR) is 95.7 cm³/mol. The summed E-state index contributed by atoms with van der Waals surface area (Å²) in [5.41, 5.74) is 11.0. The molecule has 8 nitrogen and oxygen atoms in total. The lowest BCUT2D eigenvalue weighted by Crippen LogP contribution is -2.54. The molecule has 0 aromatic rings. The van der Waals surface area contributed by atoms with Crippen LogP contribution in [0.25, 0.3) is 0 Å². The molecule has 0 aliphatic heterocycles. The third-order valence-electron chi connectivity index (χ3n) is 3.44. The lowest BCUT2D eigenvalue weighted by molar-refractivity contribution is -0.142. The van der Waals surface area contributed by atoms with E-state index in [-0.39, 0.29) is 11.7 Å². The van der Waals surface area contributed by atoms with Gasteiger partial charge < -0.3 is 27.2 Å². The van der Waals surface area contributed by atoms with Crippen molar-refractivity contribution in [3.8, 4) is 0 Å². The van der Waals surface area contributed by atoms with Crippen LogP contribution in [-0.4, -0.2) is 53.3 Å². The number of aliphatic carboxylic acids is 1. The van der Waals surface area contributed by atoms with Gasteiger partial charge in [-0.05, 0) is 38.1 Å². The Morgan fingerprint density at radius 2 is 1.67 bits per heavy atom. The fourth-order valence-electron chi connectivity index (χ4n) is 2.09. The number of nitrogens with one attached hydrogen (secondary N) is 2. The van der Waals surface area contributed by atoms with Gasteiger partial charge in [0.2, 0.25) is 11.8 Å². The van der Waals surface area contributed by atoms with Crippen molar-refractivity contribution in [1.82, 2.24) is 10.6 Å². The third-order valence-corrected chi connectivity index (χ3v) is 3.83. The molecule has 0 aliphatic carbocycles. The maximum Gasteiger partial charge on any atom is 0.326 e. The smallest absolute Gasteiger partial charge is 0.326 e. The van der Waals surface area contributed by atoms with Crippen LogP contribution in [0.15, 0.2) is 0 Å². The minimum atomic E-state index is -1.10. The highest BCUT2D eigenvalue weighted by Gasteiger charge is 2.27. The first-order chi connectivity index (χ1) is 11.2. The van der Waals surface area contributed by atoms with Gasteiger partial charge in [-0.3, -0.25) is 9.59 Å². The number of carboxylic acids is 1. The van der Waals surface area contributed by atoms with Crippen LogP contribution in [0, 0.1) is 5.92 Å². The summed E-state index contributed by atoms with van der Waals surface area (Å²) in [6.45, 7) is 4.21. The summed E-state index contributed by atoms with van der Waals surface area (Å²) in [7, 11) is 0. The number of hydrogen-bond acceptors (Lipinski definition) is 6. The van der Waals surface area contributed by atoms with Crippen molar-refractivity contribution in [3.05, 3.63) is 0 Å². The molecule has 24 heavy (non-hydrogen) atoms. The lowest BCUT2D eigenvalue weighted by Gasteiger charge is -2.23. The van der Waals surface area contributed by atoms with Gasteiger partial charge in [0.05, 0.1) is 6.04 Å². The summed E-state index contributed by atoms with van der Waals surface area (Å²) >= 11 is 3.95. The summed E-state index contributed by atoms with van der Waals surface area (Å²) in [6, 6.07) is -2.67. The van der Waals surface area contributed by atoms with Crippen LogP contribution in [0.3, 0.4) is 0 Å². The Kier molecular flexibility index (Phi) is 11.4. The van der Waals surface area contributed by atoms with Crippen molar-refractivity contribution in [3.63, 3.8) is 0 Å². The van der Waals surface area contributed by atoms with Gasteiger partial charge in [0, 0.05) is 5.75 Å². The van der Waals surface area contributed by atoms with Gasteiger partial charge in [-0.2, -0.15) is 12.6 Å². The minimum absolute atomic E-state index is 0.106. The SMILES string of the molecule is CC(C)C[C@H](NC(=O)[C@H](CCCCN)NC(=O)[C@@H](N)CS)C(=O)O. The van der Waals surface area contributed by atoms with Gasteiger partial charge in [-0.1, -0.05) is 13.8 Å². The monoisotopic (exact) mass is 362 g/mol. The van der Waals surface area contributed by atoms with Crippen LogP contribution in [0.1, 0.15) is 39.5 Å². The molecular formula is C15H30N4O4S. The van der Waals surface area contributed by atoms with Gasteiger partial charge in [-0.25, -0.2) is 4.79 Å². The second kappa shape index (κ2) is 12.1. The number of carbonyl (C=O) groups is 3. The number of carbonyl (C=O) groups excluding carboxylic acids is 2. The van der Waals surface area contributed by atoms with Gasteiger partial charge >= 0.3 is 5.97 Å². The van der Waals surface area contributed by atoms with Gasteiger partial charge in [0.1, 0.15) is 12.1 Å². The molecule has 0 aromatic carbocycles. The van der Waals surface area contributed by atoms with E-state index in [0.29, 0.717) is 32.2 Å². The van der Waals surface area contributed by atoms with Crippen molar-refractivity contribution in [2.45, 2.75) is 57.7 Å². The molecule has 0 unspecified atom stereocenters. The fourth-order valence-corrected chi connectivity index (χ4v) is 2.25. The van der Waals surface area contributed by atoms with E-state index in [0.717, 1.165) is 0 Å². The van der Waals surface area contributed by atoms with Crippen LogP contribution in [0.4, 0.5) is 0 Å². The van der Waals surface area contributed by atoms with Crippen LogP contribution in [0.5, 0.6) is 0 Å². The molecule has 0 rings (SSSR count). The van der Waals surface area contributed by atoms with E-state index in [4.69, 9.17) is 11.5 Å². The number of amides is 2. The van der Waals surface area contributed by atoms with E-state index in [1.165, 1.54) is 0 Å². The van der Waals surface area contributed by atoms with E-state index in [2.05, 4.69) is 23.3 Å². The van der Waals surface area contributed by atoms with Crippen molar-refractivity contribution < 1.29 is 19.5 Å². The first-order valence-electron chi connectivity index (χ1n) is 8.12. The Morgan fingerprint density at radius 1 is 1.08 bits per heavy atom. The number of thiol groups is 1. The van der Waals surface area contributed by atoms with E-state index in [1.54, 1.807) is 0 Å². The number of rotatable bonds is 12. The van der Waals surface area contributed by atoms with Gasteiger partial charge in [0.15, 0.2) is 0 Å². The highest BCUT2D eigenvalue weighted by Crippen LogP contribution is 2.07. The molecule has 0 fully saturated rings. The molecule has 140 valence electrons. The van der Waals surface area contributed by atoms with E-state index in [1.807, 2.05) is 13.8 Å². The van der Waals surface area contributed by atoms with Crippen molar-refractivity contribution in [2.75, 3.05) is 12.3 Å².